The summed E-state index contributed by atoms with van der Waals surface area (Å²) in [7, 11) is 0. The number of primary amides is 1. The third-order valence-electron chi connectivity index (χ3n) is 2.20. The van der Waals surface area contributed by atoms with Crippen molar-refractivity contribution in [2.24, 2.45) is 23.3 Å². The van der Waals surface area contributed by atoms with Crippen LogP contribution in [0.3, 0.4) is 0 Å². The van der Waals surface area contributed by atoms with E-state index in [1.807, 2.05) is 0 Å². The second kappa shape index (κ2) is 4.40. The Morgan fingerprint density at radius 3 is 2.13 bits per heavy atom. The largest absolute Gasteiger partial charge is 0.479 e. The fourth-order valence-electron chi connectivity index (χ4n) is 1.03. The van der Waals surface area contributed by atoms with Gasteiger partial charge in [0.05, 0.1) is 12.1 Å². The third-order valence-corrected chi connectivity index (χ3v) is 2.20. The molecule has 7 heteroatoms. The highest BCUT2D eigenvalue weighted by atomic mass is 16.4. The SMILES string of the molecule is CC(C(C#N)C(N)=O)C(N)(C#N)C(=O)O. The number of rotatable bonds is 4. The first kappa shape index (κ1) is 12.9. The van der Waals surface area contributed by atoms with Gasteiger partial charge in [-0.1, -0.05) is 6.92 Å². The first-order valence-electron chi connectivity index (χ1n) is 3.93. The highest BCUT2D eigenvalue weighted by Gasteiger charge is 2.46. The first-order chi connectivity index (χ1) is 6.81. The lowest BCUT2D eigenvalue weighted by Crippen LogP contribution is -2.55. The number of carboxylic acid groups (broad SMARTS) is 1. The number of carboxylic acids is 1. The van der Waals surface area contributed by atoms with E-state index in [2.05, 4.69) is 0 Å². The lowest BCUT2D eigenvalue weighted by Gasteiger charge is -2.25. The summed E-state index contributed by atoms with van der Waals surface area (Å²) in [6.07, 6.45) is 0. The van der Waals surface area contributed by atoms with Crippen LogP contribution in [0.4, 0.5) is 0 Å². The van der Waals surface area contributed by atoms with Crippen molar-refractivity contribution < 1.29 is 14.7 Å². The Labute approximate surface area is 85.9 Å². The van der Waals surface area contributed by atoms with E-state index in [4.69, 9.17) is 27.1 Å². The van der Waals surface area contributed by atoms with Crippen molar-refractivity contribution in [3.05, 3.63) is 0 Å². The Morgan fingerprint density at radius 2 is 1.93 bits per heavy atom. The number of carbonyl (C=O) groups excluding carboxylic acids is 1. The summed E-state index contributed by atoms with van der Waals surface area (Å²) in [5.41, 5.74) is 7.86. The molecule has 15 heavy (non-hydrogen) atoms. The molecule has 0 saturated heterocycles. The predicted molar refractivity (Wildman–Crippen MR) is 47.6 cm³/mol. The van der Waals surface area contributed by atoms with Crippen LogP contribution in [0.5, 0.6) is 0 Å². The third kappa shape index (κ3) is 2.22. The Hall–Kier alpha value is -2.12. The lowest BCUT2D eigenvalue weighted by molar-refractivity contribution is -0.143. The Kier molecular flexibility index (Phi) is 3.78. The van der Waals surface area contributed by atoms with E-state index >= 15 is 0 Å². The van der Waals surface area contributed by atoms with Gasteiger partial charge in [0.1, 0.15) is 5.92 Å². The molecule has 0 spiro atoms. The van der Waals surface area contributed by atoms with Crippen molar-refractivity contribution in [1.29, 1.82) is 10.5 Å². The van der Waals surface area contributed by atoms with Crippen LogP contribution < -0.4 is 11.5 Å². The fourth-order valence-corrected chi connectivity index (χ4v) is 1.03. The minimum atomic E-state index is -2.30. The quantitative estimate of drug-likeness (QED) is 0.515. The highest BCUT2D eigenvalue weighted by molar-refractivity contribution is 5.86. The van der Waals surface area contributed by atoms with Gasteiger partial charge < -0.3 is 16.6 Å². The van der Waals surface area contributed by atoms with E-state index in [0.717, 1.165) is 0 Å². The first-order valence-corrected chi connectivity index (χ1v) is 3.93. The maximum Gasteiger partial charge on any atom is 0.338 e. The van der Waals surface area contributed by atoms with Crippen LogP contribution in [0.2, 0.25) is 0 Å². The number of nitrogens with zero attached hydrogens (tertiary/aromatic N) is 2. The van der Waals surface area contributed by atoms with Gasteiger partial charge in [-0.15, -0.1) is 0 Å². The zero-order chi connectivity index (χ0) is 12.2. The molecular weight excluding hydrogens is 200 g/mol. The van der Waals surface area contributed by atoms with Gasteiger partial charge in [-0.25, -0.2) is 4.79 Å². The fraction of sp³-hybridized carbons (Fsp3) is 0.500. The van der Waals surface area contributed by atoms with Crippen molar-refractivity contribution >= 4 is 11.9 Å². The summed E-state index contributed by atoms with van der Waals surface area (Å²) in [6.45, 7) is 1.22. The molecule has 0 aromatic carbocycles. The molecule has 0 fully saturated rings. The number of nitriles is 2. The molecule has 80 valence electrons. The number of aliphatic carboxylic acids is 1. The molecule has 0 bridgehead atoms. The van der Waals surface area contributed by atoms with Gasteiger partial charge in [0.15, 0.2) is 0 Å². The van der Waals surface area contributed by atoms with Gasteiger partial charge in [0.25, 0.3) is 0 Å². The molecule has 0 radical (unpaired) electrons. The van der Waals surface area contributed by atoms with Gasteiger partial charge in [-0.05, 0) is 0 Å². The summed E-state index contributed by atoms with van der Waals surface area (Å²) in [5, 5.41) is 26.0. The average molecular weight is 210 g/mol. The van der Waals surface area contributed by atoms with Crippen LogP contribution in [0.1, 0.15) is 6.92 Å². The second-order valence-electron chi connectivity index (χ2n) is 3.08. The number of hydrogen-bond acceptors (Lipinski definition) is 5. The number of amides is 1. The number of nitrogens with two attached hydrogens (primary N) is 2. The molecule has 0 heterocycles. The van der Waals surface area contributed by atoms with Gasteiger partial charge in [-0.2, -0.15) is 10.5 Å². The van der Waals surface area contributed by atoms with Gasteiger partial charge in [0, 0.05) is 5.92 Å². The van der Waals surface area contributed by atoms with Crippen molar-refractivity contribution in [3.63, 3.8) is 0 Å². The van der Waals surface area contributed by atoms with Crippen LogP contribution >= 0.6 is 0 Å². The summed E-state index contributed by atoms with van der Waals surface area (Å²) in [4.78, 5) is 21.5. The summed E-state index contributed by atoms with van der Waals surface area (Å²) < 4.78 is 0. The smallest absolute Gasteiger partial charge is 0.338 e. The van der Waals surface area contributed by atoms with E-state index in [0.29, 0.717) is 0 Å². The molecule has 0 rings (SSSR count). The van der Waals surface area contributed by atoms with Crippen molar-refractivity contribution in [2.45, 2.75) is 12.5 Å². The van der Waals surface area contributed by atoms with Crippen LogP contribution in [0.15, 0.2) is 0 Å². The van der Waals surface area contributed by atoms with E-state index in [1.54, 1.807) is 0 Å². The minimum absolute atomic E-state index is 1.00. The molecule has 0 aromatic rings. The standard InChI is InChI=1S/C8H10N4O3/c1-4(5(2-9)6(11)13)8(12,3-10)7(14)15/h4-5H,12H2,1H3,(H2,11,13)(H,14,15). The maximum absolute atomic E-state index is 10.8. The summed E-state index contributed by atoms with van der Waals surface area (Å²) in [5.74, 6) is -5.21. The normalized spacial score (nSPS) is 17.6. The number of carbonyl (C=O) groups is 2. The van der Waals surface area contributed by atoms with Crippen molar-refractivity contribution in [3.8, 4) is 12.1 Å². The van der Waals surface area contributed by atoms with Crippen LogP contribution in [0, 0.1) is 34.5 Å². The van der Waals surface area contributed by atoms with Crippen LogP contribution in [-0.2, 0) is 9.59 Å². The van der Waals surface area contributed by atoms with E-state index in [9.17, 15) is 9.59 Å². The minimum Gasteiger partial charge on any atom is -0.479 e. The van der Waals surface area contributed by atoms with E-state index < -0.39 is 29.3 Å². The molecule has 0 aromatic heterocycles. The molecule has 0 aliphatic carbocycles. The lowest BCUT2D eigenvalue weighted by atomic mass is 9.78. The molecule has 1 amide bonds. The molecule has 5 N–H and O–H groups in total. The van der Waals surface area contributed by atoms with Crippen LogP contribution in [0.25, 0.3) is 0 Å². The molecule has 0 saturated carbocycles. The molecule has 0 aliphatic heterocycles. The van der Waals surface area contributed by atoms with E-state index in [1.165, 1.54) is 19.1 Å². The Morgan fingerprint density at radius 1 is 1.47 bits per heavy atom. The highest BCUT2D eigenvalue weighted by Crippen LogP contribution is 2.22. The molecule has 7 nitrogen and oxygen atoms in total. The van der Waals surface area contributed by atoms with Crippen LogP contribution in [-0.4, -0.2) is 22.5 Å². The van der Waals surface area contributed by atoms with Crippen molar-refractivity contribution in [1.82, 2.24) is 0 Å². The zero-order valence-corrected chi connectivity index (χ0v) is 7.97. The van der Waals surface area contributed by atoms with Gasteiger partial charge in [-0.3, -0.25) is 4.79 Å². The molecule has 0 aliphatic rings. The van der Waals surface area contributed by atoms with E-state index in [-0.39, 0.29) is 0 Å². The Bertz CT molecular complexity index is 367. The molecule has 3 unspecified atom stereocenters. The van der Waals surface area contributed by atoms with Crippen molar-refractivity contribution in [2.75, 3.05) is 0 Å². The zero-order valence-electron chi connectivity index (χ0n) is 7.97. The second-order valence-corrected chi connectivity index (χ2v) is 3.08. The molecular formula is C8H10N4O3. The summed E-state index contributed by atoms with van der Waals surface area (Å²) >= 11 is 0. The summed E-state index contributed by atoms with van der Waals surface area (Å²) in [6, 6.07) is 2.89. The maximum atomic E-state index is 10.8. The molecule has 3 atom stereocenters. The number of hydrogen-bond donors (Lipinski definition) is 3. The predicted octanol–water partition coefficient (Wildman–Crippen LogP) is -1.45. The Balaban J connectivity index is 5.24. The van der Waals surface area contributed by atoms with Gasteiger partial charge >= 0.3 is 5.97 Å². The monoisotopic (exact) mass is 210 g/mol. The topological polar surface area (TPSA) is 154 Å². The van der Waals surface area contributed by atoms with Gasteiger partial charge in [0.2, 0.25) is 11.4 Å². The average Bonchev–Trinajstić information content (AvgIpc) is 2.16.